The van der Waals surface area contributed by atoms with Gasteiger partial charge >= 0.3 is 5.69 Å². The summed E-state index contributed by atoms with van der Waals surface area (Å²) in [6.07, 6.45) is 7.10. The molecule has 202 valence electrons. The highest BCUT2D eigenvalue weighted by Crippen LogP contribution is 2.32. The van der Waals surface area contributed by atoms with Crippen molar-refractivity contribution < 1.29 is 13.9 Å². The molecule has 0 radical (unpaired) electrons. The molecule has 2 unspecified atom stereocenters. The lowest BCUT2D eigenvalue weighted by Crippen LogP contribution is -2.49. The van der Waals surface area contributed by atoms with Crippen molar-refractivity contribution in [3.8, 4) is 11.4 Å². The van der Waals surface area contributed by atoms with Crippen LogP contribution in [0.25, 0.3) is 5.69 Å². The number of fused-ring (bicyclic) bond motifs is 1. The van der Waals surface area contributed by atoms with Crippen molar-refractivity contribution in [2.75, 3.05) is 43.5 Å². The van der Waals surface area contributed by atoms with E-state index in [-0.39, 0.29) is 17.9 Å². The molecule has 6 rings (SSSR count). The fourth-order valence-corrected chi connectivity index (χ4v) is 5.51. The van der Waals surface area contributed by atoms with E-state index >= 15 is 0 Å². The van der Waals surface area contributed by atoms with E-state index in [1.165, 1.54) is 32.7 Å². The number of hydrogen-bond acceptors (Lipinski definition) is 10. The van der Waals surface area contributed by atoms with Gasteiger partial charge in [-0.05, 0) is 73.3 Å². The molecule has 0 bridgehead atoms. The van der Waals surface area contributed by atoms with Crippen molar-refractivity contribution in [2.45, 2.75) is 44.2 Å². The Hall–Kier alpha value is -3.58. The van der Waals surface area contributed by atoms with Crippen molar-refractivity contribution in [1.29, 1.82) is 0 Å². The highest BCUT2D eigenvalue weighted by molar-refractivity contribution is 5.62. The van der Waals surface area contributed by atoms with Crippen molar-refractivity contribution in [3.05, 3.63) is 40.7 Å². The third-order valence-corrected chi connectivity index (χ3v) is 7.57. The number of aromatic nitrogens is 6. The van der Waals surface area contributed by atoms with E-state index in [0.717, 1.165) is 35.1 Å². The summed E-state index contributed by atoms with van der Waals surface area (Å²) in [5, 5.41) is 14.1. The van der Waals surface area contributed by atoms with Gasteiger partial charge in [-0.1, -0.05) is 6.42 Å². The Labute approximate surface area is 219 Å². The van der Waals surface area contributed by atoms with Crippen LogP contribution in [0.2, 0.25) is 0 Å². The highest BCUT2D eigenvalue weighted by atomic mass is 19.1. The van der Waals surface area contributed by atoms with Crippen molar-refractivity contribution in [2.24, 2.45) is 13.0 Å². The minimum atomic E-state index is -0.495. The normalized spacial score (nSPS) is 21.9. The Balaban J connectivity index is 1.20. The van der Waals surface area contributed by atoms with Gasteiger partial charge in [0.1, 0.15) is 17.5 Å². The number of halogens is 1. The largest absolute Gasteiger partial charge is 0.483 e. The third kappa shape index (κ3) is 5.07. The van der Waals surface area contributed by atoms with E-state index in [0.29, 0.717) is 48.8 Å². The molecule has 13 heteroatoms. The van der Waals surface area contributed by atoms with Gasteiger partial charge in [-0.25, -0.2) is 14.2 Å². The van der Waals surface area contributed by atoms with E-state index in [9.17, 15) is 9.18 Å². The molecular weight excluding hydrogens is 493 g/mol. The summed E-state index contributed by atoms with van der Waals surface area (Å²) in [5.41, 5.74) is 0.577. The molecule has 3 saturated heterocycles. The molecule has 38 heavy (non-hydrogen) atoms. The molecule has 3 fully saturated rings. The van der Waals surface area contributed by atoms with E-state index in [1.54, 1.807) is 18.2 Å². The number of rotatable bonds is 8. The first-order valence-corrected chi connectivity index (χ1v) is 13.2. The number of hydrogen-bond donors (Lipinski definition) is 2. The number of ether oxygens (including phenoxy) is 2. The maximum atomic E-state index is 14.6. The lowest BCUT2D eigenvalue weighted by molar-refractivity contribution is -0.0797. The lowest BCUT2D eigenvalue weighted by atomic mass is 9.83. The second-order valence-electron chi connectivity index (χ2n) is 10.2. The standard InChI is InChI=1S/C25H32FN9O3/c1-33-25(36)35(32-31-33)21-11-17(7-8-22(21)38-18-14-37-15-18)29-24-28-13-19(26)23(30-24)27-12-16-5-4-10-34-9-3-2-6-20(16)34/h7-8,11,13,16,18,20H,2-6,9-10,12,14-15H2,1H3,(H2,27,28,29,30). The monoisotopic (exact) mass is 525 g/mol. The zero-order valence-electron chi connectivity index (χ0n) is 21.3. The number of anilines is 3. The van der Waals surface area contributed by atoms with Gasteiger partial charge in [0.25, 0.3) is 0 Å². The Morgan fingerprint density at radius 2 is 2.03 bits per heavy atom. The van der Waals surface area contributed by atoms with Crippen LogP contribution < -0.4 is 21.1 Å². The number of nitrogens with zero attached hydrogens (tertiary/aromatic N) is 7. The average Bonchev–Trinajstić information content (AvgIpc) is 3.24. The molecule has 12 nitrogen and oxygen atoms in total. The number of nitrogens with one attached hydrogen (secondary N) is 2. The number of aryl methyl sites for hydroxylation is 1. The summed E-state index contributed by atoms with van der Waals surface area (Å²) < 4.78 is 28.1. The fraction of sp³-hybridized carbons (Fsp3) is 0.560. The molecule has 0 aliphatic carbocycles. The molecule has 2 N–H and O–H groups in total. The van der Waals surface area contributed by atoms with Gasteiger partial charge < -0.3 is 25.0 Å². The van der Waals surface area contributed by atoms with Gasteiger partial charge in [0.05, 0.1) is 19.4 Å². The van der Waals surface area contributed by atoms with Gasteiger partial charge in [0.2, 0.25) is 5.95 Å². The quantitative estimate of drug-likeness (QED) is 0.452. The predicted molar refractivity (Wildman–Crippen MR) is 138 cm³/mol. The zero-order chi connectivity index (χ0) is 26.1. The van der Waals surface area contributed by atoms with Gasteiger partial charge in [-0.15, -0.1) is 0 Å². The van der Waals surface area contributed by atoms with Crippen molar-refractivity contribution in [1.82, 2.24) is 34.7 Å². The smallest absolute Gasteiger partial charge is 0.368 e. The van der Waals surface area contributed by atoms with Crippen molar-refractivity contribution in [3.63, 3.8) is 0 Å². The molecular formula is C25H32FN9O3. The molecule has 0 saturated carbocycles. The second kappa shape index (κ2) is 10.7. The molecule has 0 spiro atoms. The molecule has 2 aromatic heterocycles. The first-order valence-electron chi connectivity index (χ1n) is 13.2. The van der Waals surface area contributed by atoms with Crippen LogP contribution in [0.15, 0.2) is 29.2 Å². The summed E-state index contributed by atoms with van der Waals surface area (Å²) in [5.74, 6) is 0.848. The van der Waals surface area contributed by atoms with Crippen LogP contribution >= 0.6 is 0 Å². The summed E-state index contributed by atoms with van der Waals surface area (Å²) in [6.45, 7) is 3.96. The molecule has 0 amide bonds. The molecule has 1 aromatic carbocycles. The van der Waals surface area contributed by atoms with Crippen LogP contribution in [-0.2, 0) is 11.8 Å². The first kappa shape index (κ1) is 24.7. The van der Waals surface area contributed by atoms with Crippen LogP contribution in [0.5, 0.6) is 5.75 Å². The Morgan fingerprint density at radius 1 is 1.16 bits per heavy atom. The van der Waals surface area contributed by atoms with Crippen LogP contribution in [0.1, 0.15) is 32.1 Å². The van der Waals surface area contributed by atoms with E-state index in [4.69, 9.17) is 9.47 Å². The average molecular weight is 526 g/mol. The number of benzene rings is 1. The molecule has 5 heterocycles. The van der Waals surface area contributed by atoms with E-state index < -0.39 is 11.5 Å². The molecule has 3 aromatic rings. The summed E-state index contributed by atoms with van der Waals surface area (Å²) in [4.78, 5) is 23.7. The van der Waals surface area contributed by atoms with Crippen LogP contribution in [-0.4, -0.2) is 79.7 Å². The van der Waals surface area contributed by atoms with Crippen LogP contribution in [0, 0.1) is 11.7 Å². The first-order chi connectivity index (χ1) is 18.5. The third-order valence-electron chi connectivity index (χ3n) is 7.57. The zero-order valence-corrected chi connectivity index (χ0v) is 21.3. The summed E-state index contributed by atoms with van der Waals surface area (Å²) >= 11 is 0. The Bertz CT molecular complexity index is 1340. The van der Waals surface area contributed by atoms with E-state index in [1.807, 2.05) is 0 Å². The number of piperidine rings is 2. The minimum absolute atomic E-state index is 0.0983. The summed E-state index contributed by atoms with van der Waals surface area (Å²) in [7, 11) is 1.52. The molecule has 3 aliphatic heterocycles. The highest BCUT2D eigenvalue weighted by Gasteiger charge is 2.33. The predicted octanol–water partition coefficient (Wildman–Crippen LogP) is 2.09. The summed E-state index contributed by atoms with van der Waals surface area (Å²) in [6, 6.07) is 5.77. The maximum absolute atomic E-state index is 14.6. The van der Waals surface area contributed by atoms with Crippen LogP contribution in [0.3, 0.4) is 0 Å². The lowest BCUT2D eigenvalue weighted by Gasteiger charge is -2.44. The molecule has 2 atom stereocenters. The number of tetrazole rings is 1. The molecule has 3 aliphatic rings. The topological polar surface area (TPSA) is 124 Å². The Kier molecular flexibility index (Phi) is 6.94. The van der Waals surface area contributed by atoms with Crippen molar-refractivity contribution >= 4 is 17.5 Å². The SMILES string of the molecule is Cn1nnn(-c2cc(Nc3ncc(F)c(NCC4CCCN5CCCCC45)n3)ccc2OC2COC2)c1=O. The minimum Gasteiger partial charge on any atom is -0.483 e. The van der Waals surface area contributed by atoms with Gasteiger partial charge in [0.15, 0.2) is 11.6 Å². The van der Waals surface area contributed by atoms with Crippen LogP contribution in [0.4, 0.5) is 21.8 Å². The fourth-order valence-electron chi connectivity index (χ4n) is 5.51. The maximum Gasteiger partial charge on any atom is 0.368 e. The van der Waals surface area contributed by atoms with E-state index in [2.05, 4.69) is 35.9 Å². The Morgan fingerprint density at radius 3 is 2.82 bits per heavy atom. The van der Waals surface area contributed by atoms with Gasteiger partial charge in [-0.2, -0.15) is 14.3 Å². The van der Waals surface area contributed by atoms with Gasteiger partial charge in [0, 0.05) is 25.3 Å². The second-order valence-corrected chi connectivity index (χ2v) is 10.2. The van der Waals surface area contributed by atoms with Gasteiger partial charge in [-0.3, -0.25) is 0 Å².